The van der Waals surface area contributed by atoms with Crippen molar-refractivity contribution in [3.8, 4) is 0 Å². The molecule has 2 heterocycles. The monoisotopic (exact) mass is 327 g/mol. The predicted octanol–water partition coefficient (Wildman–Crippen LogP) is 4.00. The average Bonchev–Trinajstić information content (AvgIpc) is 2.78. The maximum absolute atomic E-state index is 12.8. The van der Waals surface area contributed by atoms with E-state index in [0.717, 1.165) is 17.7 Å². The fourth-order valence-electron chi connectivity index (χ4n) is 2.41. The Balaban J connectivity index is 2.11. The summed E-state index contributed by atoms with van der Waals surface area (Å²) in [6, 6.07) is 3.58. The van der Waals surface area contributed by atoms with Crippen LogP contribution in [0.3, 0.4) is 0 Å². The van der Waals surface area contributed by atoms with Crippen LogP contribution in [0.15, 0.2) is 35.5 Å². The van der Waals surface area contributed by atoms with Crippen molar-refractivity contribution < 1.29 is 13.2 Å². The highest BCUT2D eigenvalue weighted by Crippen LogP contribution is 2.32. The molecule has 0 saturated carbocycles. The van der Waals surface area contributed by atoms with Crippen molar-refractivity contribution in [3.05, 3.63) is 46.9 Å². The maximum atomic E-state index is 12.8. The van der Waals surface area contributed by atoms with Crippen molar-refractivity contribution in [1.82, 2.24) is 14.5 Å². The van der Waals surface area contributed by atoms with Crippen molar-refractivity contribution in [2.24, 2.45) is 7.05 Å². The third-order valence-corrected chi connectivity index (χ3v) is 4.09. The molecule has 0 unspecified atom stereocenters. The fourth-order valence-corrected chi connectivity index (χ4v) is 2.60. The van der Waals surface area contributed by atoms with Crippen molar-refractivity contribution in [2.75, 3.05) is 13.6 Å². The van der Waals surface area contributed by atoms with E-state index in [1.807, 2.05) is 18.0 Å². The summed E-state index contributed by atoms with van der Waals surface area (Å²) in [6.45, 7) is 0.627. The number of rotatable bonds is 1. The van der Waals surface area contributed by atoms with E-state index in [4.69, 9.17) is 11.6 Å². The molecule has 1 aromatic heterocycles. The van der Waals surface area contributed by atoms with Gasteiger partial charge in [-0.05, 0) is 24.3 Å². The van der Waals surface area contributed by atoms with E-state index in [0.29, 0.717) is 28.6 Å². The normalized spacial score (nSPS) is 16.0. The van der Waals surface area contributed by atoms with Crippen LogP contribution in [-0.2, 0) is 13.2 Å². The lowest BCUT2D eigenvalue weighted by molar-refractivity contribution is -0.137. The maximum Gasteiger partial charge on any atom is 0.416 e. The van der Waals surface area contributed by atoms with E-state index in [1.165, 1.54) is 6.07 Å². The Labute approximate surface area is 130 Å². The standard InChI is InChI=1S/C15H13ClF3N3/c1-21-6-5-9(7-13(21)16)14-20-11-8-10(15(17,18)19)3-4-12(11)22(14)2/h3-5,7-8H,6H2,1-2H3. The lowest BCUT2D eigenvalue weighted by Crippen LogP contribution is -2.18. The molecular weight excluding hydrogens is 315 g/mol. The number of allylic oxidation sites excluding steroid dienone is 2. The summed E-state index contributed by atoms with van der Waals surface area (Å²) in [7, 11) is 3.63. The Bertz CT molecular complexity index is 802. The first-order valence-corrected chi connectivity index (χ1v) is 6.97. The number of aromatic nitrogens is 2. The van der Waals surface area contributed by atoms with Gasteiger partial charge in [0.2, 0.25) is 0 Å². The Kier molecular flexibility index (Phi) is 3.44. The summed E-state index contributed by atoms with van der Waals surface area (Å²) in [5, 5.41) is 0.570. The zero-order valence-corrected chi connectivity index (χ0v) is 12.7. The Morgan fingerprint density at radius 3 is 2.59 bits per heavy atom. The van der Waals surface area contributed by atoms with E-state index in [-0.39, 0.29) is 0 Å². The zero-order valence-electron chi connectivity index (χ0n) is 11.9. The molecule has 7 heteroatoms. The number of hydrogen-bond acceptors (Lipinski definition) is 2. The third kappa shape index (κ3) is 2.47. The minimum atomic E-state index is -4.37. The average molecular weight is 328 g/mol. The molecule has 0 aliphatic carbocycles. The molecule has 3 nitrogen and oxygen atoms in total. The molecule has 116 valence electrons. The lowest BCUT2D eigenvalue weighted by atomic mass is 10.2. The number of halogens is 4. The molecule has 0 radical (unpaired) electrons. The van der Waals surface area contributed by atoms with Crippen molar-refractivity contribution in [2.45, 2.75) is 6.18 Å². The van der Waals surface area contributed by atoms with Crippen LogP contribution in [0.1, 0.15) is 11.4 Å². The number of imidazole rings is 1. The summed E-state index contributed by atoms with van der Waals surface area (Å²) in [5.41, 5.74) is 1.06. The third-order valence-electron chi connectivity index (χ3n) is 3.69. The molecule has 22 heavy (non-hydrogen) atoms. The summed E-state index contributed by atoms with van der Waals surface area (Å²) in [5.74, 6) is 0.598. The molecule has 0 spiro atoms. The van der Waals surface area contributed by atoms with E-state index >= 15 is 0 Å². The van der Waals surface area contributed by atoms with Gasteiger partial charge in [-0.3, -0.25) is 0 Å². The van der Waals surface area contributed by atoms with Crippen LogP contribution < -0.4 is 0 Å². The quantitative estimate of drug-likeness (QED) is 0.738. The minimum Gasteiger partial charge on any atom is -0.362 e. The van der Waals surface area contributed by atoms with Gasteiger partial charge in [-0.1, -0.05) is 17.7 Å². The molecule has 1 aliphatic heterocycles. The van der Waals surface area contributed by atoms with Gasteiger partial charge in [0.25, 0.3) is 0 Å². The van der Waals surface area contributed by atoms with Crippen LogP contribution in [0.5, 0.6) is 0 Å². The Morgan fingerprint density at radius 2 is 1.95 bits per heavy atom. The molecule has 2 aromatic rings. The molecule has 1 aromatic carbocycles. The molecule has 0 saturated heterocycles. The zero-order chi connectivity index (χ0) is 16.1. The number of benzene rings is 1. The van der Waals surface area contributed by atoms with Gasteiger partial charge in [-0.15, -0.1) is 0 Å². The molecular formula is C15H13ClF3N3. The molecule has 0 bridgehead atoms. The summed E-state index contributed by atoms with van der Waals surface area (Å²) in [6.07, 6.45) is -0.670. The van der Waals surface area contributed by atoms with Crippen LogP contribution in [0, 0.1) is 0 Å². The van der Waals surface area contributed by atoms with Gasteiger partial charge in [0.05, 0.1) is 16.6 Å². The van der Waals surface area contributed by atoms with Crippen molar-refractivity contribution >= 4 is 28.2 Å². The molecule has 0 atom stereocenters. The van der Waals surface area contributed by atoms with Gasteiger partial charge < -0.3 is 9.47 Å². The number of fused-ring (bicyclic) bond motifs is 1. The van der Waals surface area contributed by atoms with Crippen LogP contribution in [-0.4, -0.2) is 28.0 Å². The second-order valence-electron chi connectivity index (χ2n) is 5.20. The Hall–Kier alpha value is -1.95. The lowest BCUT2D eigenvalue weighted by Gasteiger charge is -2.21. The van der Waals surface area contributed by atoms with Crippen LogP contribution in [0.4, 0.5) is 13.2 Å². The number of aryl methyl sites for hydroxylation is 1. The first kappa shape index (κ1) is 15.0. The van der Waals surface area contributed by atoms with E-state index < -0.39 is 11.7 Å². The highest BCUT2D eigenvalue weighted by Gasteiger charge is 2.31. The molecule has 0 amide bonds. The molecule has 0 fully saturated rings. The topological polar surface area (TPSA) is 21.1 Å². The second-order valence-corrected chi connectivity index (χ2v) is 5.59. The van der Waals surface area contributed by atoms with Crippen LogP contribution >= 0.6 is 11.6 Å². The highest BCUT2D eigenvalue weighted by atomic mass is 35.5. The molecule has 3 rings (SSSR count). The molecule has 0 N–H and O–H groups in total. The Morgan fingerprint density at radius 1 is 1.23 bits per heavy atom. The fraction of sp³-hybridized carbons (Fsp3) is 0.267. The van der Waals surface area contributed by atoms with E-state index in [1.54, 1.807) is 17.7 Å². The number of alkyl halides is 3. The first-order valence-electron chi connectivity index (χ1n) is 6.60. The van der Waals surface area contributed by atoms with Gasteiger partial charge in [-0.2, -0.15) is 13.2 Å². The van der Waals surface area contributed by atoms with Gasteiger partial charge >= 0.3 is 6.18 Å². The van der Waals surface area contributed by atoms with Crippen LogP contribution in [0.2, 0.25) is 0 Å². The second kappa shape index (κ2) is 5.05. The first-order chi connectivity index (χ1) is 10.3. The highest BCUT2D eigenvalue weighted by molar-refractivity contribution is 6.30. The van der Waals surface area contributed by atoms with Gasteiger partial charge in [0, 0.05) is 26.2 Å². The largest absolute Gasteiger partial charge is 0.416 e. The smallest absolute Gasteiger partial charge is 0.362 e. The number of nitrogens with zero attached hydrogens (tertiary/aromatic N) is 3. The van der Waals surface area contributed by atoms with Crippen molar-refractivity contribution in [1.29, 1.82) is 0 Å². The number of hydrogen-bond donors (Lipinski definition) is 0. The molecule has 1 aliphatic rings. The summed E-state index contributed by atoms with van der Waals surface area (Å²) < 4.78 is 40.2. The SMILES string of the molecule is CN1CC=C(c2nc3cc(C(F)(F)F)ccc3n2C)C=C1Cl. The predicted molar refractivity (Wildman–Crippen MR) is 80.3 cm³/mol. The van der Waals surface area contributed by atoms with Crippen LogP contribution in [0.25, 0.3) is 16.6 Å². The van der Waals surface area contributed by atoms with Crippen molar-refractivity contribution in [3.63, 3.8) is 0 Å². The van der Waals surface area contributed by atoms with E-state index in [2.05, 4.69) is 4.98 Å². The number of likely N-dealkylation sites (N-methyl/N-ethyl adjacent to an activating group) is 1. The van der Waals surface area contributed by atoms with E-state index in [9.17, 15) is 13.2 Å². The van der Waals surface area contributed by atoms with Gasteiger partial charge in [-0.25, -0.2) is 4.98 Å². The minimum absolute atomic E-state index is 0.316. The summed E-state index contributed by atoms with van der Waals surface area (Å²) in [4.78, 5) is 6.20. The van der Waals surface area contributed by atoms with Gasteiger partial charge in [0.15, 0.2) is 0 Å². The summed E-state index contributed by atoms with van der Waals surface area (Å²) >= 11 is 6.11. The van der Waals surface area contributed by atoms with Gasteiger partial charge in [0.1, 0.15) is 11.0 Å².